The van der Waals surface area contributed by atoms with Crippen LogP contribution in [0.3, 0.4) is 0 Å². The van der Waals surface area contributed by atoms with E-state index in [0.717, 1.165) is 19.4 Å². The molecule has 126 valence electrons. The highest BCUT2D eigenvalue weighted by molar-refractivity contribution is 7.91. The maximum atomic E-state index is 12.7. The third kappa shape index (κ3) is 3.75. The van der Waals surface area contributed by atoms with Crippen molar-refractivity contribution >= 4 is 15.7 Å². The molecule has 0 spiro atoms. The molecule has 6 heteroatoms. The first-order valence-corrected chi connectivity index (χ1v) is 10.1. The topological polar surface area (TPSA) is 57.7 Å². The summed E-state index contributed by atoms with van der Waals surface area (Å²) in [5, 5.41) is 0. The second-order valence-corrected chi connectivity index (χ2v) is 8.83. The molecule has 1 amide bonds. The van der Waals surface area contributed by atoms with Crippen LogP contribution in [0.2, 0.25) is 0 Å². The molecule has 1 atom stereocenters. The molecule has 0 aromatic heterocycles. The molecule has 0 N–H and O–H groups in total. The summed E-state index contributed by atoms with van der Waals surface area (Å²) in [6, 6.07) is 8.41. The van der Waals surface area contributed by atoms with Gasteiger partial charge in [-0.15, -0.1) is 0 Å². The van der Waals surface area contributed by atoms with E-state index >= 15 is 0 Å². The lowest BCUT2D eigenvalue weighted by Gasteiger charge is -2.31. The van der Waals surface area contributed by atoms with Crippen LogP contribution >= 0.6 is 0 Å². The first-order chi connectivity index (χ1) is 11.0. The molecule has 23 heavy (non-hydrogen) atoms. The van der Waals surface area contributed by atoms with Gasteiger partial charge in [0.25, 0.3) is 0 Å². The van der Waals surface area contributed by atoms with Crippen LogP contribution in [0.4, 0.5) is 0 Å². The minimum atomic E-state index is -2.90. The van der Waals surface area contributed by atoms with Gasteiger partial charge >= 0.3 is 0 Å². The van der Waals surface area contributed by atoms with E-state index in [4.69, 9.17) is 0 Å². The average Bonchev–Trinajstić information content (AvgIpc) is 2.99. The van der Waals surface area contributed by atoms with E-state index in [-0.39, 0.29) is 23.5 Å². The summed E-state index contributed by atoms with van der Waals surface area (Å²) in [5.41, 5.74) is 2.46. The number of sulfone groups is 1. The van der Waals surface area contributed by atoms with Crippen molar-refractivity contribution in [3.8, 4) is 0 Å². The second-order valence-electron chi connectivity index (χ2n) is 6.53. The normalized spacial score (nSPS) is 24.7. The van der Waals surface area contributed by atoms with Gasteiger partial charge < -0.3 is 4.90 Å². The van der Waals surface area contributed by atoms with Crippen LogP contribution in [-0.2, 0) is 14.6 Å². The number of carbonyl (C=O) groups is 1. The predicted octanol–water partition coefficient (Wildman–Crippen LogP) is 1.39. The number of rotatable bonds is 3. The Hall–Kier alpha value is -1.40. The van der Waals surface area contributed by atoms with Crippen LogP contribution < -0.4 is 0 Å². The number of amides is 1. The monoisotopic (exact) mass is 336 g/mol. The highest BCUT2D eigenvalue weighted by atomic mass is 32.2. The average molecular weight is 336 g/mol. The van der Waals surface area contributed by atoms with Crippen LogP contribution in [0.5, 0.6) is 0 Å². The molecule has 0 bridgehead atoms. The first kappa shape index (κ1) is 16.5. The minimum absolute atomic E-state index is 0.120. The van der Waals surface area contributed by atoms with Crippen molar-refractivity contribution in [1.82, 2.24) is 9.80 Å². The fourth-order valence-electron chi connectivity index (χ4n) is 3.54. The van der Waals surface area contributed by atoms with Gasteiger partial charge in [-0.05, 0) is 30.9 Å². The quantitative estimate of drug-likeness (QED) is 0.837. The molecule has 0 aliphatic carbocycles. The molecule has 5 nitrogen and oxygen atoms in total. The highest BCUT2D eigenvalue weighted by Gasteiger charge is 2.32. The van der Waals surface area contributed by atoms with Gasteiger partial charge in [-0.25, -0.2) is 8.42 Å². The molecule has 1 aromatic carbocycles. The van der Waals surface area contributed by atoms with E-state index in [9.17, 15) is 13.2 Å². The Morgan fingerprint density at radius 1 is 1.17 bits per heavy atom. The molecule has 2 heterocycles. The number of hydrogen-bond acceptors (Lipinski definition) is 4. The van der Waals surface area contributed by atoms with E-state index in [1.54, 1.807) is 0 Å². The Morgan fingerprint density at radius 2 is 1.87 bits per heavy atom. The lowest BCUT2D eigenvalue weighted by molar-refractivity contribution is -0.133. The van der Waals surface area contributed by atoms with Gasteiger partial charge in [-0.2, -0.15) is 0 Å². The van der Waals surface area contributed by atoms with E-state index in [1.807, 2.05) is 21.9 Å². The van der Waals surface area contributed by atoms with Gasteiger partial charge in [0.1, 0.15) is 0 Å². The number of carbonyl (C=O) groups excluding carboxylic acids is 1. The largest absolute Gasteiger partial charge is 0.335 e. The van der Waals surface area contributed by atoms with Crippen molar-refractivity contribution in [3.63, 3.8) is 0 Å². The summed E-state index contributed by atoms with van der Waals surface area (Å²) in [4.78, 5) is 16.7. The minimum Gasteiger partial charge on any atom is -0.335 e. The van der Waals surface area contributed by atoms with Crippen molar-refractivity contribution in [1.29, 1.82) is 0 Å². The van der Waals surface area contributed by atoms with E-state index in [1.165, 1.54) is 11.1 Å². The zero-order valence-electron chi connectivity index (χ0n) is 13.6. The lowest BCUT2D eigenvalue weighted by atomic mass is 9.99. The van der Waals surface area contributed by atoms with Gasteiger partial charge in [-0.3, -0.25) is 9.69 Å². The summed E-state index contributed by atoms with van der Waals surface area (Å²) in [6.45, 7) is 4.15. The summed E-state index contributed by atoms with van der Waals surface area (Å²) in [5.74, 6) is 0.457. The summed E-state index contributed by atoms with van der Waals surface area (Å²) >= 11 is 0. The van der Waals surface area contributed by atoms with Crippen molar-refractivity contribution in [2.45, 2.75) is 25.8 Å². The van der Waals surface area contributed by atoms with Crippen LogP contribution in [0.1, 0.15) is 30.0 Å². The smallest absolute Gasteiger partial charge is 0.237 e. The first-order valence-electron chi connectivity index (χ1n) is 8.24. The van der Waals surface area contributed by atoms with Gasteiger partial charge in [-0.1, -0.05) is 24.3 Å². The molecule has 2 aliphatic rings. The SMILES string of the molecule is Cc1ccccc1[C@H]1CCCN1C(=O)CN1CCS(=O)(=O)CC1. The third-order valence-electron chi connectivity index (χ3n) is 4.92. The predicted molar refractivity (Wildman–Crippen MR) is 90.0 cm³/mol. The molecule has 3 rings (SSSR count). The fourth-order valence-corrected chi connectivity index (χ4v) is 4.82. The molecule has 1 aromatic rings. The summed E-state index contributed by atoms with van der Waals surface area (Å²) in [6.07, 6.45) is 2.03. The third-order valence-corrected chi connectivity index (χ3v) is 6.53. The summed E-state index contributed by atoms with van der Waals surface area (Å²) in [7, 11) is -2.90. The van der Waals surface area contributed by atoms with Crippen molar-refractivity contribution < 1.29 is 13.2 Å². The molecule has 0 radical (unpaired) electrons. The van der Waals surface area contributed by atoms with Crippen LogP contribution in [-0.4, -0.2) is 61.8 Å². The van der Waals surface area contributed by atoms with Crippen LogP contribution in [0.15, 0.2) is 24.3 Å². The highest BCUT2D eigenvalue weighted by Crippen LogP contribution is 2.33. The number of aryl methyl sites for hydroxylation is 1. The van der Waals surface area contributed by atoms with Gasteiger partial charge in [0.15, 0.2) is 9.84 Å². The van der Waals surface area contributed by atoms with Gasteiger partial charge in [0, 0.05) is 19.6 Å². The second kappa shape index (κ2) is 6.61. The molecular formula is C17H24N2O3S. The number of hydrogen-bond donors (Lipinski definition) is 0. The van der Waals surface area contributed by atoms with Crippen LogP contribution in [0, 0.1) is 6.92 Å². The maximum absolute atomic E-state index is 12.7. The van der Waals surface area contributed by atoms with E-state index in [0.29, 0.717) is 19.6 Å². The molecule has 2 aliphatic heterocycles. The number of nitrogens with zero attached hydrogens (tertiary/aromatic N) is 2. The molecular weight excluding hydrogens is 312 g/mol. The Morgan fingerprint density at radius 3 is 2.57 bits per heavy atom. The van der Waals surface area contributed by atoms with E-state index in [2.05, 4.69) is 19.1 Å². The number of benzene rings is 1. The van der Waals surface area contributed by atoms with Crippen LogP contribution in [0.25, 0.3) is 0 Å². The Labute approximate surface area is 138 Å². The Kier molecular flexibility index (Phi) is 4.73. The Bertz CT molecular complexity index is 673. The van der Waals surface area contributed by atoms with Crippen molar-refractivity contribution in [3.05, 3.63) is 35.4 Å². The molecule has 2 saturated heterocycles. The lowest BCUT2D eigenvalue weighted by Crippen LogP contribution is -2.46. The Balaban J connectivity index is 1.66. The molecule has 2 fully saturated rings. The molecule has 0 unspecified atom stereocenters. The fraction of sp³-hybridized carbons (Fsp3) is 0.588. The standard InChI is InChI=1S/C17H24N2O3S/c1-14-5-2-3-6-15(14)16-7-4-8-19(16)17(20)13-18-9-11-23(21,22)12-10-18/h2-3,5-6,16H,4,7-13H2,1H3/t16-/m1/s1. The van der Waals surface area contributed by atoms with Crippen molar-refractivity contribution in [2.75, 3.05) is 37.7 Å². The van der Waals surface area contributed by atoms with E-state index < -0.39 is 9.84 Å². The zero-order valence-corrected chi connectivity index (χ0v) is 14.4. The zero-order chi connectivity index (χ0) is 16.4. The van der Waals surface area contributed by atoms with Gasteiger partial charge in [0.05, 0.1) is 24.1 Å². The maximum Gasteiger partial charge on any atom is 0.237 e. The van der Waals surface area contributed by atoms with Crippen molar-refractivity contribution in [2.24, 2.45) is 0 Å². The van der Waals surface area contributed by atoms with Gasteiger partial charge in [0.2, 0.25) is 5.91 Å². The summed E-state index contributed by atoms with van der Waals surface area (Å²) < 4.78 is 23.0. The number of likely N-dealkylation sites (tertiary alicyclic amines) is 1. The molecule has 0 saturated carbocycles.